The lowest BCUT2D eigenvalue weighted by Gasteiger charge is -2.10. The summed E-state index contributed by atoms with van der Waals surface area (Å²) >= 11 is 15.2. The second-order valence-electron chi connectivity index (χ2n) is 5.68. The molecule has 0 saturated carbocycles. The summed E-state index contributed by atoms with van der Waals surface area (Å²) < 4.78 is 11.2. The Hall–Kier alpha value is -2.34. The van der Waals surface area contributed by atoms with E-state index in [1.807, 2.05) is 6.07 Å². The number of halogens is 3. The molecule has 0 spiro atoms. The van der Waals surface area contributed by atoms with Gasteiger partial charge in [0.2, 0.25) is 0 Å². The van der Waals surface area contributed by atoms with E-state index in [2.05, 4.69) is 15.9 Å². The number of esters is 1. The summed E-state index contributed by atoms with van der Waals surface area (Å²) in [6.07, 6.45) is 0. The van der Waals surface area contributed by atoms with Crippen LogP contribution in [-0.2, 0) is 4.79 Å². The lowest BCUT2D eigenvalue weighted by Crippen LogP contribution is -2.18. The van der Waals surface area contributed by atoms with Gasteiger partial charge in [-0.25, -0.2) is 4.79 Å². The molecule has 3 aromatic rings. The Labute approximate surface area is 180 Å². The first kappa shape index (κ1) is 20.4. The number of hydrogen-bond acceptors (Lipinski definition) is 4. The fourth-order valence-corrected chi connectivity index (χ4v) is 3.76. The van der Waals surface area contributed by atoms with Crippen LogP contribution in [0.15, 0.2) is 71.2 Å². The molecule has 0 aliphatic rings. The highest BCUT2D eigenvalue weighted by Crippen LogP contribution is 2.36. The van der Waals surface area contributed by atoms with E-state index >= 15 is 0 Å². The van der Waals surface area contributed by atoms with E-state index in [0.717, 1.165) is 0 Å². The zero-order chi connectivity index (χ0) is 20.1. The number of ketones is 1. The van der Waals surface area contributed by atoms with Crippen molar-refractivity contribution in [2.75, 3.05) is 6.61 Å². The summed E-state index contributed by atoms with van der Waals surface area (Å²) in [5.41, 5.74) is 1.09. The van der Waals surface area contributed by atoms with E-state index < -0.39 is 5.97 Å². The van der Waals surface area contributed by atoms with Gasteiger partial charge in [-0.3, -0.25) is 4.79 Å². The van der Waals surface area contributed by atoms with E-state index in [4.69, 9.17) is 32.7 Å². The third kappa shape index (κ3) is 5.13. The molecule has 0 N–H and O–H groups in total. The predicted molar refractivity (Wildman–Crippen MR) is 112 cm³/mol. The van der Waals surface area contributed by atoms with E-state index in [1.165, 1.54) is 6.07 Å². The molecule has 0 heterocycles. The fourth-order valence-electron chi connectivity index (χ4n) is 2.39. The second-order valence-corrected chi connectivity index (χ2v) is 7.38. The van der Waals surface area contributed by atoms with Crippen LogP contribution in [0.1, 0.15) is 15.9 Å². The minimum absolute atomic E-state index is 0.107. The number of benzene rings is 3. The van der Waals surface area contributed by atoms with Crippen molar-refractivity contribution in [1.82, 2.24) is 0 Å². The van der Waals surface area contributed by atoms with Gasteiger partial charge in [-0.05, 0) is 52.3 Å². The molecule has 4 nitrogen and oxygen atoms in total. The lowest BCUT2D eigenvalue weighted by atomic mass is 10.0. The second kappa shape index (κ2) is 9.24. The van der Waals surface area contributed by atoms with Crippen LogP contribution in [0, 0.1) is 0 Å². The minimum atomic E-state index is -0.611. The Morgan fingerprint density at radius 2 is 1.54 bits per heavy atom. The van der Waals surface area contributed by atoms with Gasteiger partial charge in [0.15, 0.2) is 18.1 Å². The highest BCUT2D eigenvalue weighted by molar-refractivity contribution is 9.10. The van der Waals surface area contributed by atoms with Crippen molar-refractivity contribution in [3.8, 4) is 11.5 Å². The van der Waals surface area contributed by atoms with Crippen molar-refractivity contribution in [2.45, 2.75) is 0 Å². The van der Waals surface area contributed by atoms with Gasteiger partial charge >= 0.3 is 5.97 Å². The Kier molecular flexibility index (Phi) is 6.73. The molecule has 3 rings (SSSR count). The molecule has 0 unspecified atom stereocenters. The topological polar surface area (TPSA) is 52.6 Å². The third-order valence-corrected chi connectivity index (χ3v) is 4.77. The molecule has 7 heteroatoms. The van der Waals surface area contributed by atoms with Gasteiger partial charge in [0.25, 0.3) is 0 Å². The molecule has 0 bridgehead atoms. The van der Waals surface area contributed by atoms with Gasteiger partial charge in [-0.2, -0.15) is 0 Å². The molecule has 3 aromatic carbocycles. The van der Waals surface area contributed by atoms with Crippen LogP contribution in [0.5, 0.6) is 11.5 Å². The zero-order valence-corrected chi connectivity index (χ0v) is 17.4. The highest BCUT2D eigenvalue weighted by Gasteiger charge is 2.13. The standard InChI is InChI=1S/C21H13BrCl2O4/c22-17-10-15(23)11-18(24)21(17)27-12-19(25)28-16-8-6-14(7-9-16)20(26)13-4-2-1-3-5-13/h1-11H,12H2. The number of carbonyl (C=O) groups excluding carboxylic acids is 2. The lowest BCUT2D eigenvalue weighted by molar-refractivity contribution is -0.136. The summed E-state index contributed by atoms with van der Waals surface area (Å²) in [5.74, 6) is -0.115. The Bertz CT molecular complexity index is 982. The van der Waals surface area contributed by atoms with Gasteiger partial charge < -0.3 is 9.47 Å². The zero-order valence-electron chi connectivity index (χ0n) is 14.3. The van der Waals surface area contributed by atoms with Crippen molar-refractivity contribution in [3.05, 3.63) is 92.4 Å². The molecule has 28 heavy (non-hydrogen) atoms. The van der Waals surface area contributed by atoms with Gasteiger partial charge in [0.05, 0.1) is 9.50 Å². The summed E-state index contributed by atoms with van der Waals surface area (Å²) in [6.45, 7) is -0.343. The first-order valence-electron chi connectivity index (χ1n) is 8.12. The maximum atomic E-state index is 12.4. The van der Waals surface area contributed by atoms with Crippen LogP contribution in [0.4, 0.5) is 0 Å². The summed E-state index contributed by atoms with van der Waals surface area (Å²) in [5, 5.41) is 0.716. The molecule has 0 radical (unpaired) electrons. The molecule has 0 aliphatic carbocycles. The number of rotatable bonds is 6. The van der Waals surface area contributed by atoms with Crippen LogP contribution >= 0.6 is 39.1 Å². The molecular formula is C21H13BrCl2O4. The van der Waals surface area contributed by atoms with Crippen molar-refractivity contribution >= 4 is 50.9 Å². The number of hydrogen-bond donors (Lipinski definition) is 0. The predicted octanol–water partition coefficient (Wildman–Crippen LogP) is 5.97. The van der Waals surface area contributed by atoms with Gasteiger partial charge in [0.1, 0.15) is 5.75 Å². The summed E-state index contributed by atoms with van der Waals surface area (Å²) in [7, 11) is 0. The van der Waals surface area contributed by atoms with Crippen LogP contribution in [0.2, 0.25) is 10.0 Å². The summed E-state index contributed by atoms with van der Waals surface area (Å²) in [4.78, 5) is 24.4. The molecular weight excluding hydrogens is 467 g/mol. The Morgan fingerprint density at radius 1 is 0.893 bits per heavy atom. The van der Waals surface area contributed by atoms with Gasteiger partial charge in [0, 0.05) is 16.1 Å². The van der Waals surface area contributed by atoms with Crippen molar-refractivity contribution in [1.29, 1.82) is 0 Å². The normalized spacial score (nSPS) is 10.4. The average Bonchev–Trinajstić information content (AvgIpc) is 2.68. The third-order valence-electron chi connectivity index (χ3n) is 3.68. The molecule has 142 valence electrons. The fraction of sp³-hybridized carbons (Fsp3) is 0.0476. The molecule has 0 aliphatic heterocycles. The molecule has 0 atom stereocenters. The number of carbonyl (C=O) groups is 2. The first-order valence-corrected chi connectivity index (χ1v) is 9.67. The minimum Gasteiger partial charge on any atom is -0.479 e. The molecule has 0 saturated heterocycles. The van der Waals surface area contributed by atoms with Crippen molar-refractivity contribution < 1.29 is 19.1 Å². The van der Waals surface area contributed by atoms with Crippen molar-refractivity contribution in [2.24, 2.45) is 0 Å². The Balaban J connectivity index is 1.60. The largest absolute Gasteiger partial charge is 0.479 e. The van der Waals surface area contributed by atoms with Gasteiger partial charge in [-0.1, -0.05) is 53.5 Å². The Morgan fingerprint density at radius 3 is 2.18 bits per heavy atom. The maximum absolute atomic E-state index is 12.4. The molecule has 0 aromatic heterocycles. The first-order chi connectivity index (χ1) is 13.4. The van der Waals surface area contributed by atoms with E-state index in [0.29, 0.717) is 32.1 Å². The van der Waals surface area contributed by atoms with Crippen molar-refractivity contribution in [3.63, 3.8) is 0 Å². The summed E-state index contributed by atoms with van der Waals surface area (Å²) in [6, 6.07) is 18.4. The monoisotopic (exact) mass is 478 g/mol. The van der Waals surface area contributed by atoms with Crippen LogP contribution < -0.4 is 9.47 Å². The molecule has 0 fully saturated rings. The van der Waals surface area contributed by atoms with Gasteiger partial charge in [-0.15, -0.1) is 0 Å². The van der Waals surface area contributed by atoms with Crippen LogP contribution in [0.3, 0.4) is 0 Å². The highest BCUT2D eigenvalue weighted by atomic mass is 79.9. The van der Waals surface area contributed by atoms with Crippen LogP contribution in [0.25, 0.3) is 0 Å². The SMILES string of the molecule is O=C(COc1c(Cl)cc(Cl)cc1Br)Oc1ccc(C(=O)c2ccccc2)cc1. The maximum Gasteiger partial charge on any atom is 0.349 e. The van der Waals surface area contributed by atoms with Crippen LogP contribution in [-0.4, -0.2) is 18.4 Å². The van der Waals surface area contributed by atoms with E-state index in [-0.39, 0.29) is 17.4 Å². The van der Waals surface area contributed by atoms with E-state index in [9.17, 15) is 9.59 Å². The quantitative estimate of drug-likeness (QED) is 0.248. The smallest absolute Gasteiger partial charge is 0.349 e. The molecule has 0 amide bonds. The van der Waals surface area contributed by atoms with E-state index in [1.54, 1.807) is 54.6 Å². The average molecular weight is 480 g/mol. The number of ether oxygens (including phenoxy) is 2.